The molecule has 0 radical (unpaired) electrons. The zero-order valence-corrected chi connectivity index (χ0v) is 13.0. The van der Waals surface area contributed by atoms with Gasteiger partial charge in [0.25, 0.3) is 0 Å². The lowest BCUT2D eigenvalue weighted by molar-refractivity contribution is -0.136. The molecule has 0 aliphatic carbocycles. The van der Waals surface area contributed by atoms with E-state index in [0.29, 0.717) is 6.61 Å². The summed E-state index contributed by atoms with van der Waals surface area (Å²) in [5.41, 5.74) is 0.840. The van der Waals surface area contributed by atoms with E-state index in [1.54, 1.807) is 6.08 Å². The van der Waals surface area contributed by atoms with Crippen molar-refractivity contribution in [2.75, 3.05) is 6.61 Å². The van der Waals surface area contributed by atoms with E-state index in [-0.39, 0.29) is 5.76 Å². The maximum absolute atomic E-state index is 11.2. The Bertz CT molecular complexity index is 435. The monoisotopic (exact) mass is 290 g/mol. The molecule has 1 rings (SSSR count). The van der Waals surface area contributed by atoms with Gasteiger partial charge in [0.1, 0.15) is 0 Å². The van der Waals surface area contributed by atoms with Crippen LogP contribution in [0.3, 0.4) is 0 Å². The lowest BCUT2D eigenvalue weighted by atomic mass is 10.0. The maximum Gasteiger partial charge on any atom is 0.371 e. The summed E-state index contributed by atoms with van der Waals surface area (Å²) in [6, 6.07) is 9.37. The van der Waals surface area contributed by atoms with Crippen molar-refractivity contribution >= 4 is 12.0 Å². The second-order valence-electron chi connectivity index (χ2n) is 5.67. The molecule has 116 valence electrons. The smallest absolute Gasteiger partial charge is 0.371 e. The highest BCUT2D eigenvalue weighted by Crippen LogP contribution is 2.12. The molecular formula is C18H26O3. The molecule has 0 spiro atoms. The second kappa shape index (κ2) is 10.0. The highest BCUT2D eigenvalue weighted by atomic mass is 16.5. The van der Waals surface area contributed by atoms with Gasteiger partial charge in [0.2, 0.25) is 5.76 Å². The van der Waals surface area contributed by atoms with E-state index in [0.717, 1.165) is 24.3 Å². The van der Waals surface area contributed by atoms with Gasteiger partial charge in [0, 0.05) is 0 Å². The SMILES string of the molecule is CC(C)CCCCCCOC(=Cc1ccccc1)C(=O)O. The molecule has 0 unspecified atom stereocenters. The topological polar surface area (TPSA) is 46.5 Å². The molecule has 0 amide bonds. The van der Waals surface area contributed by atoms with Gasteiger partial charge in [0.15, 0.2) is 0 Å². The van der Waals surface area contributed by atoms with Crippen LogP contribution in [0, 0.1) is 5.92 Å². The molecular weight excluding hydrogens is 264 g/mol. The Hall–Kier alpha value is -1.77. The molecule has 0 aliphatic heterocycles. The summed E-state index contributed by atoms with van der Waals surface area (Å²) in [7, 11) is 0. The van der Waals surface area contributed by atoms with Crippen molar-refractivity contribution in [3.05, 3.63) is 41.7 Å². The van der Waals surface area contributed by atoms with Crippen molar-refractivity contribution < 1.29 is 14.6 Å². The van der Waals surface area contributed by atoms with Gasteiger partial charge in [-0.3, -0.25) is 0 Å². The Labute approximate surface area is 127 Å². The molecule has 3 heteroatoms. The van der Waals surface area contributed by atoms with Crippen LogP contribution in [0.2, 0.25) is 0 Å². The molecule has 3 nitrogen and oxygen atoms in total. The zero-order valence-electron chi connectivity index (χ0n) is 13.0. The van der Waals surface area contributed by atoms with Crippen molar-refractivity contribution in [3.8, 4) is 0 Å². The molecule has 0 saturated heterocycles. The van der Waals surface area contributed by atoms with Crippen molar-refractivity contribution in [1.29, 1.82) is 0 Å². The quantitative estimate of drug-likeness (QED) is 0.385. The Morgan fingerprint density at radius 3 is 2.43 bits per heavy atom. The third-order valence-electron chi connectivity index (χ3n) is 3.24. The van der Waals surface area contributed by atoms with Crippen LogP contribution < -0.4 is 0 Å². The highest BCUT2D eigenvalue weighted by Gasteiger charge is 2.08. The van der Waals surface area contributed by atoms with Crippen LogP contribution in [-0.4, -0.2) is 17.7 Å². The van der Waals surface area contributed by atoms with E-state index < -0.39 is 5.97 Å². The Morgan fingerprint density at radius 2 is 1.81 bits per heavy atom. The third kappa shape index (κ3) is 8.18. The Morgan fingerprint density at radius 1 is 1.14 bits per heavy atom. The summed E-state index contributed by atoms with van der Waals surface area (Å²) in [6.45, 7) is 4.93. The van der Waals surface area contributed by atoms with Gasteiger partial charge in [-0.1, -0.05) is 69.9 Å². The fourth-order valence-electron chi connectivity index (χ4n) is 2.06. The van der Waals surface area contributed by atoms with E-state index in [9.17, 15) is 4.79 Å². The van der Waals surface area contributed by atoms with Gasteiger partial charge in [-0.15, -0.1) is 0 Å². The van der Waals surface area contributed by atoms with Crippen LogP contribution in [0.15, 0.2) is 36.1 Å². The van der Waals surface area contributed by atoms with E-state index >= 15 is 0 Å². The lowest BCUT2D eigenvalue weighted by Gasteiger charge is -2.07. The van der Waals surface area contributed by atoms with Crippen LogP contribution in [0.4, 0.5) is 0 Å². The van der Waals surface area contributed by atoms with E-state index in [1.165, 1.54) is 19.3 Å². The molecule has 0 bridgehead atoms. The Balaban J connectivity index is 2.30. The van der Waals surface area contributed by atoms with Gasteiger partial charge in [0.05, 0.1) is 6.61 Å². The molecule has 0 aromatic heterocycles. The van der Waals surface area contributed by atoms with Crippen molar-refractivity contribution in [2.24, 2.45) is 5.92 Å². The summed E-state index contributed by atoms with van der Waals surface area (Å²) in [5, 5.41) is 9.14. The number of hydrogen-bond donors (Lipinski definition) is 1. The number of carboxylic acid groups (broad SMARTS) is 1. The summed E-state index contributed by atoms with van der Waals surface area (Å²) in [4.78, 5) is 11.2. The molecule has 21 heavy (non-hydrogen) atoms. The van der Waals surface area contributed by atoms with Gasteiger partial charge >= 0.3 is 5.97 Å². The van der Waals surface area contributed by atoms with Gasteiger partial charge in [-0.05, 0) is 24.0 Å². The summed E-state index contributed by atoms with van der Waals surface area (Å²) >= 11 is 0. The fourth-order valence-corrected chi connectivity index (χ4v) is 2.06. The van der Waals surface area contributed by atoms with Crippen molar-refractivity contribution in [2.45, 2.75) is 46.0 Å². The number of carboxylic acids is 1. The summed E-state index contributed by atoms with van der Waals surface area (Å²) < 4.78 is 5.40. The lowest BCUT2D eigenvalue weighted by Crippen LogP contribution is -2.06. The van der Waals surface area contributed by atoms with E-state index in [1.807, 2.05) is 30.3 Å². The van der Waals surface area contributed by atoms with Crippen molar-refractivity contribution in [3.63, 3.8) is 0 Å². The predicted octanol–water partition coefficient (Wildman–Crippen LogP) is 4.74. The number of ether oxygens (including phenoxy) is 1. The molecule has 1 aromatic carbocycles. The third-order valence-corrected chi connectivity index (χ3v) is 3.24. The number of hydrogen-bond acceptors (Lipinski definition) is 2. The largest absolute Gasteiger partial charge is 0.487 e. The van der Waals surface area contributed by atoms with Gasteiger partial charge in [-0.2, -0.15) is 0 Å². The average Bonchev–Trinajstić information content (AvgIpc) is 2.45. The van der Waals surface area contributed by atoms with Crippen LogP contribution in [0.5, 0.6) is 0 Å². The Kier molecular flexibility index (Phi) is 8.25. The first kappa shape index (κ1) is 17.3. The van der Waals surface area contributed by atoms with Gasteiger partial charge < -0.3 is 9.84 Å². The number of rotatable bonds is 10. The molecule has 0 aliphatic rings. The first-order valence-electron chi connectivity index (χ1n) is 7.72. The van der Waals surface area contributed by atoms with Crippen molar-refractivity contribution in [1.82, 2.24) is 0 Å². The average molecular weight is 290 g/mol. The standard InChI is InChI=1S/C18H26O3/c1-15(2)10-6-3-4-9-13-21-17(18(19)20)14-16-11-7-5-8-12-16/h5,7-8,11-12,14-15H,3-4,6,9-10,13H2,1-2H3,(H,19,20). The minimum atomic E-state index is -1.02. The number of aliphatic carboxylic acids is 1. The minimum Gasteiger partial charge on any atom is -0.487 e. The van der Waals surface area contributed by atoms with E-state index in [2.05, 4.69) is 13.8 Å². The molecule has 0 saturated carbocycles. The highest BCUT2D eigenvalue weighted by molar-refractivity contribution is 5.89. The first-order chi connectivity index (χ1) is 10.1. The van der Waals surface area contributed by atoms with Crippen LogP contribution in [0.1, 0.15) is 51.5 Å². The van der Waals surface area contributed by atoms with Crippen LogP contribution >= 0.6 is 0 Å². The molecule has 0 heterocycles. The molecule has 1 N–H and O–H groups in total. The molecule has 1 aromatic rings. The minimum absolute atomic E-state index is 0.0170. The maximum atomic E-state index is 11.2. The number of carbonyl (C=O) groups is 1. The fraction of sp³-hybridized carbons (Fsp3) is 0.500. The molecule has 0 atom stereocenters. The van der Waals surface area contributed by atoms with Gasteiger partial charge in [-0.25, -0.2) is 4.79 Å². The zero-order chi connectivity index (χ0) is 15.5. The second-order valence-corrected chi connectivity index (χ2v) is 5.67. The van der Waals surface area contributed by atoms with E-state index in [4.69, 9.17) is 9.84 Å². The summed E-state index contributed by atoms with van der Waals surface area (Å²) in [5.74, 6) is -0.240. The summed E-state index contributed by atoms with van der Waals surface area (Å²) in [6.07, 6.45) is 7.24. The first-order valence-corrected chi connectivity index (χ1v) is 7.72. The van der Waals surface area contributed by atoms with Crippen LogP contribution in [-0.2, 0) is 9.53 Å². The number of unbranched alkanes of at least 4 members (excludes halogenated alkanes) is 3. The predicted molar refractivity (Wildman–Crippen MR) is 85.9 cm³/mol. The normalized spacial score (nSPS) is 11.7. The van der Waals surface area contributed by atoms with Crippen LogP contribution in [0.25, 0.3) is 6.08 Å². The number of benzene rings is 1. The molecule has 0 fully saturated rings.